The van der Waals surface area contributed by atoms with Crippen molar-refractivity contribution in [2.45, 2.75) is 13.2 Å². The molecule has 2 aromatic carbocycles. The molecule has 0 amide bonds. The number of hydrogen-bond acceptors (Lipinski definition) is 4. The first-order valence-corrected chi connectivity index (χ1v) is 8.92. The molecule has 1 heterocycles. The van der Waals surface area contributed by atoms with Gasteiger partial charge >= 0.3 is 0 Å². The Hall–Kier alpha value is -3.36. The van der Waals surface area contributed by atoms with E-state index in [1.54, 1.807) is 0 Å². The molecule has 0 saturated carbocycles. The van der Waals surface area contributed by atoms with Crippen molar-refractivity contribution in [2.24, 2.45) is 0 Å². The first-order chi connectivity index (χ1) is 13.9. The zero-order chi connectivity index (χ0) is 19.3. The molecular formula is C24H20O4. The van der Waals surface area contributed by atoms with Gasteiger partial charge in [0.2, 0.25) is 0 Å². The fourth-order valence-electron chi connectivity index (χ4n) is 2.44. The van der Waals surface area contributed by atoms with Crippen LogP contribution in [0.15, 0.2) is 48.5 Å². The largest absolute Gasteiger partial charge is 0.481 e. The molecule has 3 rings (SSSR count). The third-order valence-corrected chi connectivity index (χ3v) is 3.77. The first-order valence-electron chi connectivity index (χ1n) is 8.92. The summed E-state index contributed by atoms with van der Waals surface area (Å²) >= 11 is 0. The highest BCUT2D eigenvalue weighted by Crippen LogP contribution is 2.19. The van der Waals surface area contributed by atoms with E-state index in [1.807, 2.05) is 48.5 Å². The molecule has 1 aliphatic rings. The van der Waals surface area contributed by atoms with Gasteiger partial charge in [-0.3, -0.25) is 0 Å². The SMILES string of the molecule is C1#CCOCc2ccccc2OCC#CCOc2ccccc2COCC#C1. The van der Waals surface area contributed by atoms with E-state index < -0.39 is 0 Å². The standard InChI is InChI=1S/C24H20O4/c1-2-8-16-26-20-22-12-4-6-14-24(22)28-18-10-9-17-27-23-13-5-3-11-21(23)19-25-15-7-1/h3-6,11-14H,15-20H2. The van der Waals surface area contributed by atoms with E-state index in [1.165, 1.54) is 0 Å². The fraction of sp³-hybridized carbons (Fsp3) is 0.250. The molecule has 1 aliphatic heterocycles. The molecule has 0 saturated heterocycles. The summed E-state index contributed by atoms with van der Waals surface area (Å²) in [5.41, 5.74) is 1.90. The van der Waals surface area contributed by atoms with Crippen LogP contribution in [0.2, 0.25) is 0 Å². The van der Waals surface area contributed by atoms with Gasteiger partial charge in [0.25, 0.3) is 0 Å². The molecule has 0 atom stereocenters. The Kier molecular flexibility index (Phi) is 7.88. The molecule has 140 valence electrons. The summed E-state index contributed by atoms with van der Waals surface area (Å²) in [6.07, 6.45) is 0. The first kappa shape index (κ1) is 19.4. The van der Waals surface area contributed by atoms with Crippen LogP contribution in [-0.2, 0) is 22.7 Å². The molecule has 4 nitrogen and oxygen atoms in total. The van der Waals surface area contributed by atoms with Crippen molar-refractivity contribution in [1.82, 2.24) is 0 Å². The molecule has 0 spiro atoms. The van der Waals surface area contributed by atoms with E-state index in [2.05, 4.69) is 35.5 Å². The lowest BCUT2D eigenvalue weighted by Crippen LogP contribution is -2.02. The van der Waals surface area contributed by atoms with E-state index in [0.717, 1.165) is 22.6 Å². The number of fused-ring (bicyclic) bond motifs is 2. The van der Waals surface area contributed by atoms with Crippen LogP contribution in [-0.4, -0.2) is 26.4 Å². The Morgan fingerprint density at radius 3 is 1.50 bits per heavy atom. The van der Waals surface area contributed by atoms with Crippen LogP contribution >= 0.6 is 0 Å². The zero-order valence-electron chi connectivity index (χ0n) is 15.5. The van der Waals surface area contributed by atoms with E-state index in [4.69, 9.17) is 18.9 Å². The summed E-state index contributed by atoms with van der Waals surface area (Å²) in [4.78, 5) is 0. The minimum Gasteiger partial charge on any atom is -0.481 e. The molecule has 28 heavy (non-hydrogen) atoms. The normalized spacial score (nSPS) is 14.6. The van der Waals surface area contributed by atoms with Crippen LogP contribution in [0.3, 0.4) is 0 Å². The average molecular weight is 372 g/mol. The Balaban J connectivity index is 1.70. The van der Waals surface area contributed by atoms with Gasteiger partial charge in [-0.2, -0.15) is 0 Å². The lowest BCUT2D eigenvalue weighted by Gasteiger charge is -2.09. The van der Waals surface area contributed by atoms with Crippen molar-refractivity contribution < 1.29 is 18.9 Å². The summed E-state index contributed by atoms with van der Waals surface area (Å²) < 4.78 is 22.6. The van der Waals surface area contributed by atoms with Crippen molar-refractivity contribution in [3.63, 3.8) is 0 Å². The highest BCUT2D eigenvalue weighted by Gasteiger charge is 2.03. The van der Waals surface area contributed by atoms with Gasteiger partial charge in [0.05, 0.1) is 13.2 Å². The molecule has 0 radical (unpaired) electrons. The molecule has 0 aliphatic carbocycles. The van der Waals surface area contributed by atoms with Crippen LogP contribution < -0.4 is 9.47 Å². The number of benzene rings is 2. The van der Waals surface area contributed by atoms with Crippen LogP contribution in [0.25, 0.3) is 0 Å². The topological polar surface area (TPSA) is 36.9 Å². The third kappa shape index (κ3) is 6.42. The number of ether oxygens (including phenoxy) is 4. The number of hydrogen-bond donors (Lipinski definition) is 0. The lowest BCUT2D eigenvalue weighted by molar-refractivity contribution is 0.150. The summed E-state index contributed by atoms with van der Waals surface area (Å²) in [7, 11) is 0. The fourth-order valence-corrected chi connectivity index (χ4v) is 2.44. The Labute approximate surface area is 165 Å². The van der Waals surface area contributed by atoms with Gasteiger partial charge in [0, 0.05) is 11.1 Å². The smallest absolute Gasteiger partial charge is 0.149 e. The van der Waals surface area contributed by atoms with Gasteiger partial charge in [-0.15, -0.1) is 0 Å². The Morgan fingerprint density at radius 1 is 0.536 bits per heavy atom. The Bertz CT molecular complexity index is 883. The van der Waals surface area contributed by atoms with Crippen LogP contribution in [0.5, 0.6) is 11.5 Å². The van der Waals surface area contributed by atoms with Gasteiger partial charge in [0.1, 0.15) is 37.9 Å². The second-order valence-corrected chi connectivity index (χ2v) is 5.74. The van der Waals surface area contributed by atoms with Crippen molar-refractivity contribution in [3.05, 3.63) is 59.7 Å². The van der Waals surface area contributed by atoms with Crippen LogP contribution in [0, 0.1) is 35.5 Å². The number of para-hydroxylation sites is 2. The molecule has 2 aromatic rings. The summed E-state index contributed by atoms with van der Waals surface area (Å²) in [5, 5.41) is 0. The van der Waals surface area contributed by atoms with E-state index in [0.29, 0.717) is 26.4 Å². The summed E-state index contributed by atoms with van der Waals surface area (Å²) in [5.74, 6) is 18.7. The van der Waals surface area contributed by atoms with Gasteiger partial charge in [-0.1, -0.05) is 60.1 Å². The lowest BCUT2D eigenvalue weighted by atomic mass is 10.2. The molecule has 0 N–H and O–H groups in total. The molecular weight excluding hydrogens is 352 g/mol. The van der Waals surface area contributed by atoms with Crippen LogP contribution in [0.1, 0.15) is 11.1 Å². The summed E-state index contributed by atoms with van der Waals surface area (Å²) in [6.45, 7) is 1.98. The third-order valence-electron chi connectivity index (χ3n) is 3.77. The maximum absolute atomic E-state index is 5.75. The predicted octanol–water partition coefficient (Wildman–Crippen LogP) is 3.20. The highest BCUT2D eigenvalue weighted by molar-refractivity contribution is 5.34. The van der Waals surface area contributed by atoms with E-state index in [9.17, 15) is 0 Å². The second-order valence-electron chi connectivity index (χ2n) is 5.74. The monoisotopic (exact) mass is 372 g/mol. The maximum atomic E-state index is 5.75. The van der Waals surface area contributed by atoms with E-state index >= 15 is 0 Å². The highest BCUT2D eigenvalue weighted by atomic mass is 16.5. The van der Waals surface area contributed by atoms with Crippen molar-refractivity contribution in [1.29, 1.82) is 0 Å². The van der Waals surface area contributed by atoms with Crippen molar-refractivity contribution in [3.8, 4) is 47.0 Å². The molecule has 0 aromatic heterocycles. The number of rotatable bonds is 0. The van der Waals surface area contributed by atoms with E-state index in [-0.39, 0.29) is 13.2 Å². The maximum Gasteiger partial charge on any atom is 0.149 e. The molecule has 0 unspecified atom stereocenters. The van der Waals surface area contributed by atoms with Gasteiger partial charge in [-0.25, -0.2) is 0 Å². The second kappa shape index (κ2) is 11.4. The van der Waals surface area contributed by atoms with Gasteiger partial charge < -0.3 is 18.9 Å². The predicted molar refractivity (Wildman–Crippen MR) is 107 cm³/mol. The Morgan fingerprint density at radius 2 is 1.00 bits per heavy atom. The minimum absolute atomic E-state index is 0.278. The van der Waals surface area contributed by atoms with Gasteiger partial charge in [0.15, 0.2) is 0 Å². The summed E-state index contributed by atoms with van der Waals surface area (Å²) in [6, 6.07) is 15.4. The quantitative estimate of drug-likeness (QED) is 0.666. The minimum atomic E-state index is 0.278. The van der Waals surface area contributed by atoms with Gasteiger partial charge in [-0.05, 0) is 24.0 Å². The van der Waals surface area contributed by atoms with Crippen LogP contribution in [0.4, 0.5) is 0 Å². The van der Waals surface area contributed by atoms with Crippen molar-refractivity contribution >= 4 is 0 Å². The zero-order valence-corrected chi connectivity index (χ0v) is 15.5. The average Bonchev–Trinajstić information content (AvgIpc) is 2.73. The molecule has 0 fully saturated rings. The molecule has 4 heteroatoms. The molecule has 0 bridgehead atoms. The van der Waals surface area contributed by atoms with Crippen molar-refractivity contribution in [2.75, 3.05) is 26.4 Å².